The standard InChI is InChI=1S/C17H15F9I2N2O2/c1-7-14(10(5-27)6-28,12(31)17(24,25)26)13(32)30(29-7)11-3-8(15(18,19)20)2-9(4-11)16(21,22)23/h2-4,10,12-13,31-32H,5-6H2,1H3. The zero-order valence-corrected chi connectivity index (χ0v) is 20.1. The molecule has 0 saturated carbocycles. The lowest BCUT2D eigenvalue weighted by Crippen LogP contribution is -2.61. The first kappa shape index (κ1) is 27.7. The van der Waals surface area contributed by atoms with Crippen LogP contribution >= 0.6 is 45.2 Å². The number of anilines is 1. The molecule has 0 bridgehead atoms. The summed E-state index contributed by atoms with van der Waals surface area (Å²) in [7, 11) is 0. The van der Waals surface area contributed by atoms with Crippen LogP contribution < -0.4 is 5.01 Å². The molecule has 32 heavy (non-hydrogen) atoms. The third-order valence-electron chi connectivity index (χ3n) is 5.19. The quantitative estimate of drug-likeness (QED) is 0.238. The Morgan fingerprint density at radius 2 is 1.41 bits per heavy atom. The van der Waals surface area contributed by atoms with E-state index in [-0.39, 0.29) is 32.1 Å². The normalized spacial score (nSPS) is 23.7. The number of hydrogen-bond acceptors (Lipinski definition) is 4. The molecule has 1 heterocycles. The fourth-order valence-electron chi connectivity index (χ4n) is 3.60. The van der Waals surface area contributed by atoms with Crippen molar-refractivity contribution in [2.75, 3.05) is 13.9 Å². The first-order valence-corrected chi connectivity index (χ1v) is 11.7. The molecule has 1 aliphatic rings. The molecule has 0 saturated heterocycles. The van der Waals surface area contributed by atoms with Crippen molar-refractivity contribution in [3.05, 3.63) is 29.3 Å². The fraction of sp³-hybridized carbons (Fsp3) is 0.588. The van der Waals surface area contributed by atoms with E-state index in [1.807, 2.05) is 0 Å². The average Bonchev–Trinajstić information content (AvgIpc) is 2.91. The van der Waals surface area contributed by atoms with Crippen LogP contribution in [-0.2, 0) is 12.4 Å². The van der Waals surface area contributed by atoms with Crippen LogP contribution in [0.2, 0.25) is 0 Å². The van der Waals surface area contributed by atoms with Crippen molar-refractivity contribution in [2.24, 2.45) is 16.4 Å². The summed E-state index contributed by atoms with van der Waals surface area (Å²) in [5.41, 5.74) is -7.37. The van der Waals surface area contributed by atoms with Gasteiger partial charge in [0.2, 0.25) is 0 Å². The summed E-state index contributed by atoms with van der Waals surface area (Å²) in [6, 6.07) is 0.335. The van der Waals surface area contributed by atoms with Gasteiger partial charge in [-0.05, 0) is 31.0 Å². The van der Waals surface area contributed by atoms with Crippen LogP contribution in [-0.4, -0.2) is 43.3 Å². The number of nitrogens with zero attached hydrogens (tertiary/aromatic N) is 2. The van der Waals surface area contributed by atoms with Crippen LogP contribution in [0.15, 0.2) is 23.3 Å². The van der Waals surface area contributed by atoms with Crippen LogP contribution in [0.1, 0.15) is 18.1 Å². The Morgan fingerprint density at radius 3 is 1.75 bits per heavy atom. The predicted octanol–water partition coefficient (Wildman–Crippen LogP) is 5.63. The van der Waals surface area contributed by atoms with E-state index in [1.165, 1.54) is 0 Å². The fourth-order valence-corrected chi connectivity index (χ4v) is 6.87. The van der Waals surface area contributed by atoms with Crippen molar-refractivity contribution in [3.8, 4) is 0 Å². The van der Waals surface area contributed by atoms with E-state index in [1.54, 1.807) is 45.2 Å². The van der Waals surface area contributed by atoms with Gasteiger partial charge in [0, 0.05) is 14.6 Å². The number of hydrazone groups is 1. The highest BCUT2D eigenvalue weighted by atomic mass is 127. The van der Waals surface area contributed by atoms with E-state index < -0.39 is 64.7 Å². The minimum atomic E-state index is -5.26. The number of alkyl halides is 11. The van der Waals surface area contributed by atoms with Gasteiger partial charge in [0.1, 0.15) is 0 Å². The highest BCUT2D eigenvalue weighted by Crippen LogP contribution is 2.51. The molecule has 1 aliphatic heterocycles. The molecule has 1 aromatic rings. The van der Waals surface area contributed by atoms with Crippen molar-refractivity contribution in [3.63, 3.8) is 0 Å². The van der Waals surface area contributed by atoms with Gasteiger partial charge < -0.3 is 10.2 Å². The second-order valence-electron chi connectivity index (χ2n) is 7.05. The Balaban J connectivity index is 2.75. The minimum Gasteiger partial charge on any atom is -0.383 e. The van der Waals surface area contributed by atoms with Crippen molar-refractivity contribution >= 4 is 56.6 Å². The van der Waals surface area contributed by atoms with E-state index in [0.717, 1.165) is 6.92 Å². The maximum Gasteiger partial charge on any atom is 0.416 e. The van der Waals surface area contributed by atoms with Crippen molar-refractivity contribution < 1.29 is 49.7 Å². The summed E-state index contributed by atoms with van der Waals surface area (Å²) in [6.45, 7) is 1.03. The first-order chi connectivity index (χ1) is 14.4. The summed E-state index contributed by atoms with van der Waals surface area (Å²) in [4.78, 5) is 0. The number of aliphatic hydroxyl groups excluding tert-OH is 2. The lowest BCUT2D eigenvalue weighted by Gasteiger charge is -2.43. The van der Waals surface area contributed by atoms with Gasteiger partial charge in [0.25, 0.3) is 0 Å². The molecule has 1 aromatic carbocycles. The highest BCUT2D eigenvalue weighted by molar-refractivity contribution is 14.1. The van der Waals surface area contributed by atoms with Crippen LogP contribution in [0.3, 0.4) is 0 Å². The molecule has 15 heteroatoms. The second-order valence-corrected chi connectivity index (χ2v) is 8.81. The number of aliphatic hydroxyl groups is 2. The van der Waals surface area contributed by atoms with E-state index in [0.29, 0.717) is 0 Å². The first-order valence-electron chi connectivity index (χ1n) is 8.61. The zero-order chi connectivity index (χ0) is 24.9. The van der Waals surface area contributed by atoms with Crippen LogP contribution in [0.4, 0.5) is 45.2 Å². The largest absolute Gasteiger partial charge is 0.416 e. The van der Waals surface area contributed by atoms with Crippen LogP contribution in [0.25, 0.3) is 0 Å². The summed E-state index contributed by atoms with van der Waals surface area (Å²) < 4.78 is 120. The molecule has 0 aromatic heterocycles. The van der Waals surface area contributed by atoms with Gasteiger partial charge in [-0.25, -0.2) is 5.01 Å². The van der Waals surface area contributed by atoms with Gasteiger partial charge in [0.05, 0.1) is 22.2 Å². The molecule has 0 fully saturated rings. The van der Waals surface area contributed by atoms with E-state index in [9.17, 15) is 49.7 Å². The maximum absolute atomic E-state index is 13.6. The van der Waals surface area contributed by atoms with Gasteiger partial charge >= 0.3 is 18.5 Å². The Kier molecular flexibility index (Phi) is 7.99. The van der Waals surface area contributed by atoms with Gasteiger partial charge in [-0.2, -0.15) is 44.6 Å². The molecule has 0 spiro atoms. The monoisotopic (exact) mass is 704 g/mol. The smallest absolute Gasteiger partial charge is 0.383 e. The molecule has 182 valence electrons. The second kappa shape index (κ2) is 9.24. The molecular formula is C17H15F9I2N2O2. The van der Waals surface area contributed by atoms with Crippen LogP contribution in [0, 0.1) is 11.3 Å². The lowest BCUT2D eigenvalue weighted by atomic mass is 9.68. The molecule has 2 N–H and O–H groups in total. The van der Waals surface area contributed by atoms with Crippen molar-refractivity contribution in [2.45, 2.75) is 37.8 Å². The predicted molar refractivity (Wildman–Crippen MR) is 114 cm³/mol. The van der Waals surface area contributed by atoms with Crippen molar-refractivity contribution in [1.29, 1.82) is 0 Å². The molecule has 0 aliphatic carbocycles. The summed E-state index contributed by atoms with van der Waals surface area (Å²) in [6.07, 6.45) is -21.3. The van der Waals surface area contributed by atoms with Gasteiger partial charge in [-0.15, -0.1) is 0 Å². The van der Waals surface area contributed by atoms with E-state index in [2.05, 4.69) is 5.10 Å². The summed E-state index contributed by atoms with van der Waals surface area (Å²) >= 11 is 3.44. The van der Waals surface area contributed by atoms with Crippen molar-refractivity contribution in [1.82, 2.24) is 0 Å². The molecule has 3 unspecified atom stereocenters. The van der Waals surface area contributed by atoms with Gasteiger partial charge in [-0.1, -0.05) is 45.2 Å². The third kappa shape index (κ3) is 4.94. The Morgan fingerprint density at radius 1 is 0.969 bits per heavy atom. The number of halogens is 11. The number of rotatable bonds is 5. The average molecular weight is 704 g/mol. The molecular weight excluding hydrogens is 689 g/mol. The molecule has 4 nitrogen and oxygen atoms in total. The Labute approximate surface area is 203 Å². The highest BCUT2D eigenvalue weighted by Gasteiger charge is 2.65. The molecule has 0 amide bonds. The molecule has 3 atom stereocenters. The third-order valence-corrected chi connectivity index (χ3v) is 7.32. The van der Waals surface area contributed by atoms with E-state index in [4.69, 9.17) is 0 Å². The molecule has 2 rings (SSSR count). The van der Waals surface area contributed by atoms with E-state index >= 15 is 0 Å². The SMILES string of the molecule is CC1=NN(c2cc(C(F)(F)F)cc(C(F)(F)F)c2)C(O)C1(C(CI)CI)C(O)C(F)(F)F. The molecule has 0 radical (unpaired) electrons. The minimum absolute atomic E-state index is 0.0258. The summed E-state index contributed by atoms with van der Waals surface area (Å²) in [5.74, 6) is -1.07. The number of hydrogen-bond donors (Lipinski definition) is 2. The van der Waals surface area contributed by atoms with Gasteiger partial charge in [-0.3, -0.25) is 0 Å². The Hall–Kier alpha value is -0.560. The Bertz CT molecular complexity index is 837. The van der Waals surface area contributed by atoms with Crippen LogP contribution in [0.5, 0.6) is 0 Å². The lowest BCUT2D eigenvalue weighted by molar-refractivity contribution is -0.244. The zero-order valence-electron chi connectivity index (χ0n) is 15.8. The topological polar surface area (TPSA) is 56.1 Å². The maximum atomic E-state index is 13.6. The summed E-state index contributed by atoms with van der Waals surface area (Å²) in [5, 5.41) is 25.0. The van der Waals surface area contributed by atoms with Gasteiger partial charge in [0.15, 0.2) is 12.3 Å². The number of benzene rings is 1.